The van der Waals surface area contributed by atoms with Crippen LogP contribution in [0.3, 0.4) is 0 Å². The molecule has 1 aromatic rings. The first kappa shape index (κ1) is 12.7. The number of amides is 1. The second-order valence-corrected chi connectivity index (χ2v) is 4.23. The molecule has 1 aliphatic rings. The Morgan fingerprint density at radius 3 is 2.94 bits per heavy atom. The average Bonchev–Trinajstić information content (AvgIpc) is 2.38. The fourth-order valence-corrected chi connectivity index (χ4v) is 1.78. The summed E-state index contributed by atoms with van der Waals surface area (Å²) in [5, 5.41) is 2.81. The number of para-hydroxylation sites is 2. The van der Waals surface area contributed by atoms with Crippen LogP contribution in [0.2, 0.25) is 0 Å². The predicted molar refractivity (Wildman–Crippen MR) is 65.8 cm³/mol. The van der Waals surface area contributed by atoms with Crippen molar-refractivity contribution in [3.05, 3.63) is 24.3 Å². The zero-order chi connectivity index (χ0) is 13.0. The molecule has 0 unspecified atom stereocenters. The Morgan fingerprint density at radius 1 is 1.50 bits per heavy atom. The monoisotopic (exact) mass is 251 g/mol. The summed E-state index contributed by atoms with van der Waals surface area (Å²) in [6.07, 6.45) is -0.612. The number of fused-ring (bicyclic) bond motifs is 1. The summed E-state index contributed by atoms with van der Waals surface area (Å²) in [6, 6.07) is 7.26. The predicted octanol–water partition coefficient (Wildman–Crippen LogP) is 0.977. The fourth-order valence-electron chi connectivity index (χ4n) is 1.78. The maximum absolute atomic E-state index is 11.9. The first-order valence-electron chi connectivity index (χ1n) is 5.88. The normalized spacial score (nSPS) is 19.1. The van der Waals surface area contributed by atoms with E-state index in [1.165, 1.54) is 0 Å². The largest absolute Gasteiger partial charge is 0.485 e. The van der Waals surface area contributed by atoms with E-state index >= 15 is 0 Å². The van der Waals surface area contributed by atoms with Gasteiger partial charge in [-0.2, -0.15) is 0 Å². The lowest BCUT2D eigenvalue weighted by Gasteiger charge is -2.26. The van der Waals surface area contributed by atoms with E-state index in [0.717, 1.165) is 0 Å². The molecule has 1 aliphatic heterocycles. The third-order valence-electron chi connectivity index (χ3n) is 2.61. The van der Waals surface area contributed by atoms with Crippen LogP contribution < -0.4 is 14.8 Å². The summed E-state index contributed by atoms with van der Waals surface area (Å²) in [4.78, 5) is 11.9. The maximum atomic E-state index is 11.9. The smallest absolute Gasteiger partial charge is 0.264 e. The van der Waals surface area contributed by atoms with E-state index in [0.29, 0.717) is 18.1 Å². The molecule has 0 bridgehead atoms. The van der Waals surface area contributed by atoms with Gasteiger partial charge < -0.3 is 19.5 Å². The van der Waals surface area contributed by atoms with Crippen LogP contribution in [-0.2, 0) is 9.53 Å². The highest BCUT2D eigenvalue weighted by atomic mass is 16.6. The van der Waals surface area contributed by atoms with Crippen LogP contribution in [0.15, 0.2) is 24.3 Å². The van der Waals surface area contributed by atoms with E-state index in [-0.39, 0.29) is 18.6 Å². The van der Waals surface area contributed by atoms with Gasteiger partial charge in [0.25, 0.3) is 5.91 Å². The molecule has 0 aromatic heterocycles. The highest BCUT2D eigenvalue weighted by molar-refractivity contribution is 5.82. The number of carbonyl (C=O) groups is 1. The van der Waals surface area contributed by atoms with Crippen LogP contribution in [0, 0.1) is 0 Å². The van der Waals surface area contributed by atoms with Crippen LogP contribution in [0.5, 0.6) is 11.5 Å². The molecule has 5 heteroatoms. The van der Waals surface area contributed by atoms with Crippen molar-refractivity contribution in [2.45, 2.75) is 19.1 Å². The first-order valence-corrected chi connectivity index (χ1v) is 5.88. The second-order valence-electron chi connectivity index (χ2n) is 4.23. The number of benzene rings is 1. The van der Waals surface area contributed by atoms with E-state index in [1.54, 1.807) is 13.2 Å². The van der Waals surface area contributed by atoms with Gasteiger partial charge in [-0.1, -0.05) is 12.1 Å². The molecule has 2 rings (SSSR count). The van der Waals surface area contributed by atoms with E-state index in [4.69, 9.17) is 14.2 Å². The molecule has 0 fully saturated rings. The highest BCUT2D eigenvalue weighted by Crippen LogP contribution is 2.30. The van der Waals surface area contributed by atoms with Crippen molar-refractivity contribution < 1.29 is 19.0 Å². The molecule has 98 valence electrons. The Balaban J connectivity index is 1.94. The van der Waals surface area contributed by atoms with E-state index in [2.05, 4.69) is 5.32 Å². The quantitative estimate of drug-likeness (QED) is 0.866. The van der Waals surface area contributed by atoms with Crippen LogP contribution >= 0.6 is 0 Å². The average molecular weight is 251 g/mol. The van der Waals surface area contributed by atoms with Gasteiger partial charge in [0.15, 0.2) is 11.5 Å². The SMILES string of the molecule is COC[C@H](C)NC(=O)[C@H]1COc2ccccc2O1. The van der Waals surface area contributed by atoms with Gasteiger partial charge in [0.05, 0.1) is 6.61 Å². The molecule has 1 aromatic carbocycles. The number of hydrogen-bond donors (Lipinski definition) is 1. The molecule has 2 atom stereocenters. The van der Waals surface area contributed by atoms with Gasteiger partial charge in [-0.15, -0.1) is 0 Å². The van der Waals surface area contributed by atoms with Crippen LogP contribution in [0.25, 0.3) is 0 Å². The Morgan fingerprint density at radius 2 is 2.22 bits per heavy atom. The van der Waals surface area contributed by atoms with E-state index in [9.17, 15) is 4.79 Å². The Kier molecular flexibility index (Phi) is 4.04. The second kappa shape index (κ2) is 5.73. The zero-order valence-electron chi connectivity index (χ0n) is 10.5. The fraction of sp³-hybridized carbons (Fsp3) is 0.462. The van der Waals surface area contributed by atoms with E-state index in [1.807, 2.05) is 25.1 Å². The Bertz CT molecular complexity index is 421. The molecule has 0 saturated heterocycles. The lowest BCUT2D eigenvalue weighted by molar-refractivity contribution is -0.131. The van der Waals surface area contributed by atoms with Crippen molar-refractivity contribution >= 4 is 5.91 Å². The highest BCUT2D eigenvalue weighted by Gasteiger charge is 2.27. The molecular formula is C13H17NO4. The minimum Gasteiger partial charge on any atom is -0.485 e. The summed E-state index contributed by atoms with van der Waals surface area (Å²) in [5.41, 5.74) is 0. The summed E-state index contributed by atoms with van der Waals surface area (Å²) in [7, 11) is 1.60. The lowest BCUT2D eigenvalue weighted by atomic mass is 10.2. The van der Waals surface area contributed by atoms with Crippen LogP contribution in [0.1, 0.15) is 6.92 Å². The van der Waals surface area contributed by atoms with Crippen molar-refractivity contribution in [2.75, 3.05) is 20.3 Å². The van der Waals surface area contributed by atoms with Gasteiger partial charge >= 0.3 is 0 Å². The first-order chi connectivity index (χ1) is 8.70. The zero-order valence-corrected chi connectivity index (χ0v) is 10.5. The van der Waals surface area contributed by atoms with Crippen molar-refractivity contribution in [1.29, 1.82) is 0 Å². The molecular weight excluding hydrogens is 234 g/mol. The molecule has 1 amide bonds. The minimum absolute atomic E-state index is 0.0525. The van der Waals surface area contributed by atoms with Crippen molar-refractivity contribution in [3.8, 4) is 11.5 Å². The standard InChI is InChI=1S/C13H17NO4/c1-9(7-16-2)14-13(15)12-8-17-10-5-3-4-6-11(10)18-12/h3-6,9,12H,7-8H2,1-2H3,(H,14,15)/t9-,12+/m0/s1. The van der Waals surface area contributed by atoms with Gasteiger partial charge in [-0.25, -0.2) is 0 Å². The number of ether oxygens (including phenoxy) is 3. The summed E-state index contributed by atoms with van der Waals surface area (Å²) >= 11 is 0. The lowest BCUT2D eigenvalue weighted by Crippen LogP contribution is -2.47. The minimum atomic E-state index is -0.612. The third kappa shape index (κ3) is 2.92. The molecule has 18 heavy (non-hydrogen) atoms. The van der Waals surface area contributed by atoms with Gasteiger partial charge in [0.2, 0.25) is 6.10 Å². The Labute approximate surface area is 106 Å². The maximum Gasteiger partial charge on any atom is 0.264 e. The topological polar surface area (TPSA) is 56.8 Å². The van der Waals surface area contributed by atoms with Gasteiger partial charge in [0.1, 0.15) is 6.61 Å². The number of nitrogens with one attached hydrogen (secondary N) is 1. The van der Waals surface area contributed by atoms with Gasteiger partial charge in [-0.05, 0) is 19.1 Å². The molecule has 0 spiro atoms. The van der Waals surface area contributed by atoms with Crippen LogP contribution in [0.4, 0.5) is 0 Å². The molecule has 0 aliphatic carbocycles. The number of carbonyl (C=O) groups excluding carboxylic acids is 1. The van der Waals surface area contributed by atoms with Crippen LogP contribution in [-0.4, -0.2) is 38.4 Å². The number of hydrogen-bond acceptors (Lipinski definition) is 4. The van der Waals surface area contributed by atoms with Gasteiger partial charge in [0, 0.05) is 13.2 Å². The molecule has 1 heterocycles. The van der Waals surface area contributed by atoms with Crippen molar-refractivity contribution in [2.24, 2.45) is 0 Å². The number of rotatable bonds is 4. The molecule has 1 N–H and O–H groups in total. The third-order valence-corrected chi connectivity index (χ3v) is 2.61. The summed E-state index contributed by atoms with van der Waals surface area (Å²) < 4.78 is 16.0. The van der Waals surface area contributed by atoms with Crippen molar-refractivity contribution in [3.63, 3.8) is 0 Å². The van der Waals surface area contributed by atoms with Gasteiger partial charge in [-0.3, -0.25) is 4.79 Å². The Hall–Kier alpha value is -1.75. The molecule has 0 radical (unpaired) electrons. The summed E-state index contributed by atoms with van der Waals surface area (Å²) in [6.45, 7) is 2.57. The van der Waals surface area contributed by atoms with E-state index < -0.39 is 6.10 Å². The number of methoxy groups -OCH3 is 1. The van der Waals surface area contributed by atoms with Crippen molar-refractivity contribution in [1.82, 2.24) is 5.32 Å². The molecule has 0 saturated carbocycles. The molecule has 5 nitrogen and oxygen atoms in total. The summed E-state index contributed by atoms with van der Waals surface area (Å²) in [5.74, 6) is 1.09.